The van der Waals surface area contributed by atoms with Crippen LogP contribution < -0.4 is 10.1 Å². The van der Waals surface area contributed by atoms with Crippen molar-refractivity contribution in [3.05, 3.63) is 47.5 Å². The summed E-state index contributed by atoms with van der Waals surface area (Å²) < 4.78 is 4.96. The summed E-state index contributed by atoms with van der Waals surface area (Å²) in [6, 6.07) is 9.31. The van der Waals surface area contributed by atoms with Crippen LogP contribution in [-0.2, 0) is 0 Å². The van der Waals surface area contributed by atoms with Gasteiger partial charge >= 0.3 is 0 Å². The minimum Gasteiger partial charge on any atom is -0.508 e. The number of methoxy groups -OCH3 is 1. The van der Waals surface area contributed by atoms with E-state index >= 15 is 0 Å². The van der Waals surface area contributed by atoms with Gasteiger partial charge in [0.1, 0.15) is 5.75 Å². The van der Waals surface area contributed by atoms with Crippen LogP contribution in [0.3, 0.4) is 0 Å². The van der Waals surface area contributed by atoms with Gasteiger partial charge in [-0.1, -0.05) is 6.07 Å². The molecule has 3 N–H and O–H groups in total. The number of amides is 1. The molecule has 0 unspecified atom stereocenters. The molecule has 5 nitrogen and oxygen atoms in total. The highest BCUT2D eigenvalue weighted by molar-refractivity contribution is 6.07. The number of carbonyl (C=O) groups excluding carboxylic acids is 1. The quantitative estimate of drug-likeness (QED) is 0.751. The number of rotatable bonds is 3. The largest absolute Gasteiger partial charge is 0.508 e. The van der Waals surface area contributed by atoms with Crippen molar-refractivity contribution in [2.75, 3.05) is 12.4 Å². The van der Waals surface area contributed by atoms with Crippen LogP contribution >= 0.6 is 0 Å². The fourth-order valence-corrected chi connectivity index (χ4v) is 1.85. The third-order valence-corrected chi connectivity index (χ3v) is 2.92. The van der Waals surface area contributed by atoms with Gasteiger partial charge in [0.25, 0.3) is 5.91 Å². The number of phenolic OH excluding ortho intramolecular Hbond substituents is 2. The lowest BCUT2D eigenvalue weighted by molar-refractivity contribution is 0.102. The average Bonchev–Trinajstić information content (AvgIpc) is 2.42. The van der Waals surface area contributed by atoms with Crippen LogP contribution in [0.4, 0.5) is 5.69 Å². The Morgan fingerprint density at radius 1 is 1.20 bits per heavy atom. The molecule has 0 aromatic heterocycles. The molecule has 2 aromatic rings. The van der Waals surface area contributed by atoms with Gasteiger partial charge in [-0.05, 0) is 42.8 Å². The second-order valence-corrected chi connectivity index (χ2v) is 4.31. The van der Waals surface area contributed by atoms with E-state index in [1.807, 2.05) is 0 Å². The van der Waals surface area contributed by atoms with Crippen LogP contribution in [0.15, 0.2) is 36.4 Å². The molecular weight excluding hydrogens is 258 g/mol. The Kier molecular flexibility index (Phi) is 3.79. The Morgan fingerprint density at radius 3 is 2.60 bits per heavy atom. The molecule has 0 radical (unpaired) electrons. The lowest BCUT2D eigenvalue weighted by Crippen LogP contribution is -2.13. The van der Waals surface area contributed by atoms with Gasteiger partial charge in [0.2, 0.25) is 0 Å². The third kappa shape index (κ3) is 2.66. The number of aryl methyl sites for hydroxylation is 1. The Balaban J connectivity index is 2.28. The van der Waals surface area contributed by atoms with E-state index in [0.717, 1.165) is 5.56 Å². The molecule has 0 atom stereocenters. The highest BCUT2D eigenvalue weighted by Crippen LogP contribution is 2.30. The molecule has 0 aliphatic heterocycles. The molecule has 0 aliphatic carbocycles. The molecule has 20 heavy (non-hydrogen) atoms. The average molecular weight is 273 g/mol. The van der Waals surface area contributed by atoms with Crippen molar-refractivity contribution in [3.63, 3.8) is 0 Å². The summed E-state index contributed by atoms with van der Waals surface area (Å²) >= 11 is 0. The first-order valence-electron chi connectivity index (χ1n) is 6.00. The molecule has 0 bridgehead atoms. The topological polar surface area (TPSA) is 78.8 Å². The summed E-state index contributed by atoms with van der Waals surface area (Å²) in [5, 5.41) is 21.9. The van der Waals surface area contributed by atoms with E-state index < -0.39 is 5.91 Å². The van der Waals surface area contributed by atoms with E-state index in [2.05, 4.69) is 5.32 Å². The first kappa shape index (κ1) is 13.7. The van der Waals surface area contributed by atoms with Crippen molar-refractivity contribution in [3.8, 4) is 17.2 Å². The van der Waals surface area contributed by atoms with E-state index in [1.165, 1.54) is 19.2 Å². The van der Waals surface area contributed by atoms with Crippen LogP contribution in [0.2, 0.25) is 0 Å². The predicted molar refractivity (Wildman–Crippen MR) is 75.5 cm³/mol. The number of hydrogen-bond donors (Lipinski definition) is 3. The van der Waals surface area contributed by atoms with E-state index in [9.17, 15) is 15.0 Å². The molecule has 2 aromatic carbocycles. The number of phenols is 2. The fourth-order valence-electron chi connectivity index (χ4n) is 1.85. The second-order valence-electron chi connectivity index (χ2n) is 4.31. The van der Waals surface area contributed by atoms with Crippen LogP contribution in [0.25, 0.3) is 0 Å². The molecule has 0 fully saturated rings. The summed E-state index contributed by atoms with van der Waals surface area (Å²) in [5.41, 5.74) is 1.41. The van der Waals surface area contributed by atoms with Crippen LogP contribution in [0, 0.1) is 6.92 Å². The van der Waals surface area contributed by atoms with Gasteiger partial charge in [-0.25, -0.2) is 0 Å². The number of aromatic hydroxyl groups is 2. The van der Waals surface area contributed by atoms with Gasteiger partial charge in [-0.3, -0.25) is 4.79 Å². The molecule has 2 rings (SSSR count). The number of hydrogen-bond acceptors (Lipinski definition) is 4. The van der Waals surface area contributed by atoms with Crippen molar-refractivity contribution >= 4 is 11.6 Å². The van der Waals surface area contributed by atoms with E-state index in [0.29, 0.717) is 5.69 Å². The third-order valence-electron chi connectivity index (χ3n) is 2.92. The molecule has 0 spiro atoms. The first-order chi connectivity index (χ1) is 9.52. The summed E-state index contributed by atoms with van der Waals surface area (Å²) in [5.74, 6) is -0.288. The van der Waals surface area contributed by atoms with Gasteiger partial charge in [0.15, 0.2) is 11.5 Å². The number of benzene rings is 2. The minimum absolute atomic E-state index is 0.122. The molecular formula is C15H15NO4. The lowest BCUT2D eigenvalue weighted by atomic mass is 10.1. The molecule has 0 saturated carbocycles. The number of nitrogens with one attached hydrogen (secondary N) is 1. The molecule has 0 aliphatic rings. The van der Waals surface area contributed by atoms with Crippen molar-refractivity contribution in [2.45, 2.75) is 6.92 Å². The Hall–Kier alpha value is -2.69. The zero-order chi connectivity index (χ0) is 14.7. The fraction of sp³-hybridized carbons (Fsp3) is 0.133. The normalized spacial score (nSPS) is 10.1. The smallest absolute Gasteiger partial charge is 0.259 e. The summed E-state index contributed by atoms with van der Waals surface area (Å²) in [4.78, 5) is 12.2. The maximum atomic E-state index is 12.2. The summed E-state index contributed by atoms with van der Waals surface area (Å²) in [6.45, 7) is 1.76. The Bertz CT molecular complexity index is 652. The number of carbonyl (C=O) groups is 1. The van der Waals surface area contributed by atoms with Crippen LogP contribution in [0.1, 0.15) is 15.9 Å². The van der Waals surface area contributed by atoms with E-state index in [4.69, 9.17) is 4.74 Å². The van der Waals surface area contributed by atoms with Gasteiger partial charge in [-0.15, -0.1) is 0 Å². The highest BCUT2D eigenvalue weighted by atomic mass is 16.5. The van der Waals surface area contributed by atoms with E-state index in [-0.39, 0.29) is 22.8 Å². The minimum atomic E-state index is -0.449. The van der Waals surface area contributed by atoms with Crippen molar-refractivity contribution in [1.82, 2.24) is 0 Å². The molecule has 0 heterocycles. The van der Waals surface area contributed by atoms with Gasteiger partial charge < -0.3 is 20.3 Å². The molecule has 104 valence electrons. The maximum absolute atomic E-state index is 12.2. The Morgan fingerprint density at radius 2 is 1.95 bits per heavy atom. The second kappa shape index (κ2) is 5.52. The van der Waals surface area contributed by atoms with E-state index in [1.54, 1.807) is 31.2 Å². The highest BCUT2D eigenvalue weighted by Gasteiger charge is 2.15. The molecule has 5 heteroatoms. The maximum Gasteiger partial charge on any atom is 0.259 e. The van der Waals surface area contributed by atoms with Crippen LogP contribution in [-0.4, -0.2) is 23.2 Å². The van der Waals surface area contributed by atoms with Crippen molar-refractivity contribution < 1.29 is 19.7 Å². The predicted octanol–water partition coefficient (Wildman–Crippen LogP) is 2.67. The van der Waals surface area contributed by atoms with Gasteiger partial charge in [0.05, 0.1) is 12.7 Å². The molecule has 0 saturated heterocycles. The first-order valence-corrected chi connectivity index (χ1v) is 6.00. The monoisotopic (exact) mass is 273 g/mol. The van der Waals surface area contributed by atoms with Crippen molar-refractivity contribution in [1.29, 1.82) is 0 Å². The summed E-state index contributed by atoms with van der Waals surface area (Å²) in [7, 11) is 1.42. The number of para-hydroxylation sites is 1. The van der Waals surface area contributed by atoms with Gasteiger partial charge in [-0.2, -0.15) is 0 Å². The standard InChI is InChI=1S/C15H15NO4/c1-9-8-10(17)6-7-12(9)16-15(19)11-4-3-5-13(20-2)14(11)18/h3-8,17-18H,1-2H3,(H,16,19). The van der Waals surface area contributed by atoms with Crippen molar-refractivity contribution in [2.24, 2.45) is 0 Å². The van der Waals surface area contributed by atoms with Gasteiger partial charge in [0, 0.05) is 5.69 Å². The lowest BCUT2D eigenvalue weighted by Gasteiger charge is -2.11. The molecule has 1 amide bonds. The number of anilines is 1. The zero-order valence-corrected chi connectivity index (χ0v) is 11.2. The Labute approximate surface area is 116 Å². The SMILES string of the molecule is COc1cccc(C(=O)Nc2ccc(O)cc2C)c1O. The number of ether oxygens (including phenoxy) is 1. The van der Waals surface area contributed by atoms with Crippen LogP contribution in [0.5, 0.6) is 17.2 Å². The summed E-state index contributed by atoms with van der Waals surface area (Å²) in [6.07, 6.45) is 0. The zero-order valence-electron chi connectivity index (χ0n) is 11.2.